The van der Waals surface area contributed by atoms with Gasteiger partial charge < -0.3 is 20.8 Å². The monoisotopic (exact) mass is 498 g/mol. The fraction of sp³-hybridized carbons (Fsp3) is 0.538. The summed E-state index contributed by atoms with van der Waals surface area (Å²) in [5, 5.41) is 31.0. The Balaban J connectivity index is 1.64. The molecule has 3 aromatic heterocycles. The Hall–Kier alpha value is -3.11. The quantitative estimate of drug-likeness (QED) is 0.375. The molecule has 3 heterocycles. The van der Waals surface area contributed by atoms with Crippen molar-refractivity contribution in [3.8, 4) is 11.3 Å². The lowest BCUT2D eigenvalue weighted by molar-refractivity contribution is -0.00183. The van der Waals surface area contributed by atoms with Crippen LogP contribution in [-0.2, 0) is 0 Å². The first-order chi connectivity index (χ1) is 16.9. The van der Waals surface area contributed by atoms with Crippen LogP contribution in [0.5, 0.6) is 0 Å². The van der Waals surface area contributed by atoms with Crippen molar-refractivity contribution in [2.24, 2.45) is 5.92 Å². The van der Waals surface area contributed by atoms with Crippen molar-refractivity contribution in [3.05, 3.63) is 42.4 Å². The number of hydrogen-bond donors (Lipinski definition) is 4. The van der Waals surface area contributed by atoms with E-state index in [0.717, 1.165) is 31.2 Å². The summed E-state index contributed by atoms with van der Waals surface area (Å²) in [6.45, 7) is 6.07. The number of aliphatic hydroxyl groups is 2. The third-order valence-electron chi connectivity index (χ3n) is 6.96. The lowest BCUT2D eigenvalue weighted by Gasteiger charge is -2.36. The topological polar surface area (TPSA) is 125 Å². The van der Waals surface area contributed by atoms with E-state index < -0.39 is 23.3 Å². The highest BCUT2D eigenvalue weighted by Crippen LogP contribution is 2.34. The van der Waals surface area contributed by atoms with E-state index in [-0.39, 0.29) is 24.1 Å². The van der Waals surface area contributed by atoms with Gasteiger partial charge >= 0.3 is 0 Å². The van der Waals surface area contributed by atoms with E-state index in [0.29, 0.717) is 17.2 Å². The number of amides is 1. The summed E-state index contributed by atoms with van der Waals surface area (Å²) < 4.78 is 15.9. The Morgan fingerprint density at radius 1 is 1.19 bits per heavy atom. The number of nitrogens with zero attached hydrogens (tertiary/aromatic N) is 4. The molecule has 1 aliphatic carbocycles. The number of alkyl halides is 1. The normalized spacial score (nSPS) is 19.8. The molecule has 1 fully saturated rings. The van der Waals surface area contributed by atoms with Gasteiger partial charge in [0.25, 0.3) is 5.91 Å². The lowest BCUT2D eigenvalue weighted by Crippen LogP contribution is -2.42. The maximum absolute atomic E-state index is 14.3. The second-order valence-corrected chi connectivity index (χ2v) is 10.7. The highest BCUT2D eigenvalue weighted by atomic mass is 19.1. The van der Waals surface area contributed by atoms with Gasteiger partial charge in [-0.25, -0.2) is 9.37 Å². The van der Waals surface area contributed by atoms with E-state index in [4.69, 9.17) is 5.10 Å². The number of nitrogens with one attached hydrogen (secondary N) is 2. The average Bonchev–Trinajstić information content (AvgIpc) is 3.27. The summed E-state index contributed by atoms with van der Waals surface area (Å²) in [4.78, 5) is 21.7. The molecule has 0 radical (unpaired) electrons. The van der Waals surface area contributed by atoms with Crippen LogP contribution < -0.4 is 10.6 Å². The molecule has 0 aliphatic heterocycles. The van der Waals surface area contributed by atoms with Crippen molar-refractivity contribution in [1.29, 1.82) is 0 Å². The van der Waals surface area contributed by atoms with Crippen molar-refractivity contribution in [2.45, 2.75) is 76.8 Å². The SMILES string of the molecule is CC(C)(O)C(F)CNC(=O)c1cnc2cc(-c3cccnc3)nn2c1NC1CCC(C(C)(C)O)CC1. The minimum absolute atomic E-state index is 0.0668. The molecule has 9 nitrogen and oxygen atoms in total. The zero-order valence-corrected chi connectivity index (χ0v) is 21.2. The van der Waals surface area contributed by atoms with Crippen LogP contribution in [0.2, 0.25) is 0 Å². The first kappa shape index (κ1) is 26.0. The molecule has 0 bridgehead atoms. The number of rotatable bonds is 8. The molecule has 1 amide bonds. The van der Waals surface area contributed by atoms with Crippen LogP contribution in [0.25, 0.3) is 16.9 Å². The van der Waals surface area contributed by atoms with Gasteiger partial charge in [0.15, 0.2) is 5.65 Å². The van der Waals surface area contributed by atoms with Gasteiger partial charge in [-0.2, -0.15) is 9.61 Å². The predicted octanol–water partition coefficient (Wildman–Crippen LogP) is 3.37. The maximum Gasteiger partial charge on any atom is 0.256 e. The zero-order valence-electron chi connectivity index (χ0n) is 21.2. The van der Waals surface area contributed by atoms with E-state index in [9.17, 15) is 19.4 Å². The van der Waals surface area contributed by atoms with E-state index >= 15 is 0 Å². The molecule has 4 rings (SSSR count). The fourth-order valence-electron chi connectivity index (χ4n) is 4.56. The number of carbonyl (C=O) groups is 1. The number of pyridine rings is 1. The molecule has 3 aromatic rings. The Morgan fingerprint density at radius 3 is 2.53 bits per heavy atom. The summed E-state index contributed by atoms with van der Waals surface area (Å²) in [5.41, 5.74) is -0.0435. The molecule has 194 valence electrons. The Kier molecular flexibility index (Phi) is 7.28. The molecule has 1 aliphatic rings. The minimum atomic E-state index is -1.63. The van der Waals surface area contributed by atoms with Crippen molar-refractivity contribution in [2.75, 3.05) is 11.9 Å². The fourth-order valence-corrected chi connectivity index (χ4v) is 4.56. The largest absolute Gasteiger partial charge is 0.390 e. The number of anilines is 1. The van der Waals surface area contributed by atoms with Crippen molar-refractivity contribution < 1.29 is 19.4 Å². The number of carbonyl (C=O) groups excluding carboxylic acids is 1. The second kappa shape index (κ2) is 10.1. The number of halogens is 1. The molecule has 10 heteroatoms. The first-order valence-corrected chi connectivity index (χ1v) is 12.4. The predicted molar refractivity (Wildman–Crippen MR) is 135 cm³/mol. The van der Waals surface area contributed by atoms with Gasteiger partial charge in [-0.3, -0.25) is 9.78 Å². The number of fused-ring (bicyclic) bond motifs is 1. The summed E-state index contributed by atoms with van der Waals surface area (Å²) in [6.07, 6.45) is 6.57. The van der Waals surface area contributed by atoms with E-state index in [1.165, 1.54) is 20.0 Å². The number of aromatic nitrogens is 4. The standard InChI is InChI=1S/C26H35FN6O3/c1-25(2,35)17-7-9-18(10-8-17)31-23-19(24(34)30-15-21(27)26(3,4)36)14-29-22-12-20(32-33(22)23)16-6-5-11-28-13-16/h5-6,11-14,17-18,21,31,35-36H,7-10,15H2,1-4H3,(H,30,34). The van der Waals surface area contributed by atoms with Gasteiger partial charge in [0.05, 0.1) is 23.4 Å². The van der Waals surface area contributed by atoms with Gasteiger partial charge in [0, 0.05) is 36.3 Å². The van der Waals surface area contributed by atoms with Crippen molar-refractivity contribution in [3.63, 3.8) is 0 Å². The summed E-state index contributed by atoms with van der Waals surface area (Å²) >= 11 is 0. The minimum Gasteiger partial charge on any atom is -0.390 e. The molecular formula is C26H35FN6O3. The van der Waals surface area contributed by atoms with Crippen molar-refractivity contribution in [1.82, 2.24) is 24.9 Å². The highest BCUT2D eigenvalue weighted by molar-refractivity contribution is 5.99. The molecule has 1 saturated carbocycles. The van der Waals surface area contributed by atoms with Gasteiger partial charge in [-0.05, 0) is 71.4 Å². The average molecular weight is 499 g/mol. The summed E-state index contributed by atoms with van der Waals surface area (Å²) in [6, 6.07) is 5.60. The van der Waals surface area contributed by atoms with Crippen LogP contribution in [0.4, 0.5) is 10.2 Å². The first-order valence-electron chi connectivity index (χ1n) is 12.4. The van der Waals surface area contributed by atoms with Crippen LogP contribution >= 0.6 is 0 Å². The lowest BCUT2D eigenvalue weighted by atomic mass is 9.77. The summed E-state index contributed by atoms with van der Waals surface area (Å²) in [7, 11) is 0. The Bertz CT molecular complexity index is 1190. The van der Waals surface area contributed by atoms with Gasteiger partial charge in [-0.15, -0.1) is 0 Å². The molecule has 4 N–H and O–H groups in total. The molecule has 0 aromatic carbocycles. The zero-order chi connectivity index (χ0) is 26.1. The van der Waals surface area contributed by atoms with Crippen LogP contribution in [-0.4, -0.2) is 65.7 Å². The highest BCUT2D eigenvalue weighted by Gasteiger charge is 2.32. The molecule has 1 atom stereocenters. The van der Waals surface area contributed by atoms with Crippen molar-refractivity contribution >= 4 is 17.4 Å². The molecule has 36 heavy (non-hydrogen) atoms. The van der Waals surface area contributed by atoms with Crippen LogP contribution in [0.1, 0.15) is 63.7 Å². The van der Waals surface area contributed by atoms with Gasteiger partial charge in [-0.1, -0.05) is 0 Å². The maximum atomic E-state index is 14.3. The van der Waals surface area contributed by atoms with E-state index in [2.05, 4.69) is 20.6 Å². The van der Waals surface area contributed by atoms with Crippen LogP contribution in [0.3, 0.4) is 0 Å². The van der Waals surface area contributed by atoms with E-state index in [1.807, 2.05) is 32.0 Å². The third kappa shape index (κ3) is 5.82. The Labute approximate surface area is 210 Å². The molecule has 1 unspecified atom stereocenters. The number of hydrogen-bond acceptors (Lipinski definition) is 7. The molecule has 0 spiro atoms. The summed E-state index contributed by atoms with van der Waals surface area (Å²) in [5.74, 6) is 0.168. The Morgan fingerprint density at radius 2 is 1.92 bits per heavy atom. The smallest absolute Gasteiger partial charge is 0.256 e. The van der Waals surface area contributed by atoms with Gasteiger partial charge in [0.2, 0.25) is 0 Å². The second-order valence-electron chi connectivity index (χ2n) is 10.7. The van der Waals surface area contributed by atoms with E-state index in [1.54, 1.807) is 16.9 Å². The van der Waals surface area contributed by atoms with Crippen LogP contribution in [0.15, 0.2) is 36.8 Å². The van der Waals surface area contributed by atoms with Crippen LogP contribution in [0, 0.1) is 5.92 Å². The third-order valence-corrected chi connectivity index (χ3v) is 6.96. The molecular weight excluding hydrogens is 463 g/mol. The molecule has 0 saturated heterocycles. The van der Waals surface area contributed by atoms with Gasteiger partial charge in [0.1, 0.15) is 17.6 Å².